The number of carbonyl (C=O) groups excluding carboxylic acids is 1. The fourth-order valence-corrected chi connectivity index (χ4v) is 3.25. The Morgan fingerprint density at radius 2 is 1.93 bits per heavy atom. The summed E-state index contributed by atoms with van der Waals surface area (Å²) in [5.74, 6) is 1.43. The van der Waals surface area contributed by atoms with Gasteiger partial charge in [-0.3, -0.25) is 4.79 Å². The van der Waals surface area contributed by atoms with E-state index in [1.807, 2.05) is 6.92 Å². The molecule has 0 aromatic heterocycles. The second-order valence-electron chi connectivity index (χ2n) is 4.40. The molecule has 14 heavy (non-hydrogen) atoms. The van der Waals surface area contributed by atoms with Crippen LogP contribution < -0.4 is 0 Å². The normalized spacial score (nSPS) is 44.9. The van der Waals surface area contributed by atoms with Crippen LogP contribution in [0.5, 0.6) is 0 Å². The Kier molecular flexibility index (Phi) is 1.57. The Morgan fingerprint density at radius 1 is 1.29 bits per heavy atom. The zero-order chi connectivity index (χ0) is 9.87. The number of allylic oxidation sites excluding steroid dienone is 1. The topological polar surface area (TPSA) is 35.5 Å². The zero-order valence-corrected chi connectivity index (χ0v) is 8.45. The van der Waals surface area contributed by atoms with E-state index in [0.29, 0.717) is 0 Å². The molecule has 0 saturated carbocycles. The van der Waals surface area contributed by atoms with Crippen LogP contribution in [-0.4, -0.2) is 25.1 Å². The molecule has 2 fully saturated rings. The van der Waals surface area contributed by atoms with Crippen molar-refractivity contribution >= 4 is 5.78 Å². The van der Waals surface area contributed by atoms with Crippen LogP contribution in [0.1, 0.15) is 19.8 Å². The number of carbonyl (C=O) groups is 1. The van der Waals surface area contributed by atoms with E-state index in [9.17, 15) is 4.79 Å². The van der Waals surface area contributed by atoms with Crippen LogP contribution in [-0.2, 0) is 14.3 Å². The minimum absolute atomic E-state index is 0.0729. The summed E-state index contributed by atoms with van der Waals surface area (Å²) in [6, 6.07) is 0. The highest BCUT2D eigenvalue weighted by Crippen LogP contribution is 2.52. The van der Waals surface area contributed by atoms with Crippen LogP contribution in [0, 0.1) is 11.8 Å². The Bertz CT molecular complexity index is 331. The Balaban J connectivity index is 2.04. The molecule has 0 radical (unpaired) electrons. The SMILES string of the molecule is COC1=C(C)C(=O)[C@@H]2C3CCC(O3)[C@H]12. The standard InChI is InChI=1S/C11H14O3/c1-5-10(12)8-6-3-4-7(14-6)9(8)11(5)13-2/h6-9H,3-4H2,1-2H3/t6?,7?,8-,9+/m1/s1. The molecule has 0 amide bonds. The first kappa shape index (κ1) is 8.48. The van der Waals surface area contributed by atoms with Gasteiger partial charge in [0, 0.05) is 5.57 Å². The van der Waals surface area contributed by atoms with Gasteiger partial charge in [-0.05, 0) is 19.8 Å². The summed E-state index contributed by atoms with van der Waals surface area (Å²) in [5.41, 5.74) is 0.822. The summed E-state index contributed by atoms with van der Waals surface area (Å²) in [6.45, 7) is 1.87. The number of Topliss-reactive ketones (excluding diaryl/α,β-unsaturated/α-hetero) is 1. The van der Waals surface area contributed by atoms with Crippen molar-refractivity contribution in [3.05, 3.63) is 11.3 Å². The van der Waals surface area contributed by atoms with Crippen LogP contribution in [0.25, 0.3) is 0 Å². The fourth-order valence-electron chi connectivity index (χ4n) is 3.25. The average molecular weight is 194 g/mol. The van der Waals surface area contributed by atoms with Gasteiger partial charge in [-0.2, -0.15) is 0 Å². The quantitative estimate of drug-likeness (QED) is 0.631. The molecular weight excluding hydrogens is 180 g/mol. The van der Waals surface area contributed by atoms with Crippen molar-refractivity contribution in [1.82, 2.24) is 0 Å². The Morgan fingerprint density at radius 3 is 2.57 bits per heavy atom. The molecule has 0 aromatic carbocycles. The summed E-state index contributed by atoms with van der Waals surface area (Å²) in [6.07, 6.45) is 2.53. The van der Waals surface area contributed by atoms with E-state index in [1.54, 1.807) is 7.11 Å². The molecule has 2 bridgehead atoms. The Hall–Kier alpha value is -0.830. The highest BCUT2D eigenvalue weighted by atomic mass is 16.5. The molecule has 2 unspecified atom stereocenters. The molecule has 3 aliphatic rings. The van der Waals surface area contributed by atoms with Crippen molar-refractivity contribution < 1.29 is 14.3 Å². The predicted octanol–water partition coefficient (Wildman–Crippen LogP) is 1.28. The Labute approximate surface area is 83.1 Å². The number of fused-ring (bicyclic) bond motifs is 5. The minimum Gasteiger partial charge on any atom is -0.500 e. The summed E-state index contributed by atoms with van der Waals surface area (Å²) < 4.78 is 11.1. The van der Waals surface area contributed by atoms with Gasteiger partial charge in [0.05, 0.1) is 31.2 Å². The molecule has 3 nitrogen and oxygen atoms in total. The van der Waals surface area contributed by atoms with Crippen LogP contribution >= 0.6 is 0 Å². The lowest BCUT2D eigenvalue weighted by molar-refractivity contribution is -0.120. The highest BCUT2D eigenvalue weighted by molar-refractivity contribution is 6.01. The smallest absolute Gasteiger partial charge is 0.168 e. The lowest BCUT2D eigenvalue weighted by atomic mass is 9.80. The van der Waals surface area contributed by atoms with Crippen molar-refractivity contribution in [2.75, 3.05) is 7.11 Å². The van der Waals surface area contributed by atoms with Crippen molar-refractivity contribution in [1.29, 1.82) is 0 Å². The van der Waals surface area contributed by atoms with Crippen LogP contribution in [0.3, 0.4) is 0 Å². The van der Waals surface area contributed by atoms with E-state index in [2.05, 4.69) is 0 Å². The number of hydrogen-bond acceptors (Lipinski definition) is 3. The van der Waals surface area contributed by atoms with E-state index < -0.39 is 0 Å². The summed E-state index contributed by atoms with van der Waals surface area (Å²) in [5, 5.41) is 0. The molecule has 3 heteroatoms. The van der Waals surface area contributed by atoms with Gasteiger partial charge in [-0.15, -0.1) is 0 Å². The third-order valence-corrected chi connectivity index (χ3v) is 3.84. The molecule has 2 heterocycles. The summed E-state index contributed by atoms with van der Waals surface area (Å²) in [7, 11) is 1.65. The van der Waals surface area contributed by atoms with Gasteiger partial charge in [-0.25, -0.2) is 0 Å². The molecule has 76 valence electrons. The number of ketones is 1. The number of hydrogen-bond donors (Lipinski definition) is 0. The zero-order valence-electron chi connectivity index (χ0n) is 8.45. The van der Waals surface area contributed by atoms with Gasteiger partial charge in [-0.1, -0.05) is 0 Å². The maximum Gasteiger partial charge on any atom is 0.168 e. The van der Waals surface area contributed by atoms with E-state index >= 15 is 0 Å². The third kappa shape index (κ3) is 0.793. The number of rotatable bonds is 1. The molecule has 2 aliphatic heterocycles. The largest absolute Gasteiger partial charge is 0.500 e. The first-order valence-corrected chi connectivity index (χ1v) is 5.18. The summed E-state index contributed by atoms with van der Waals surface area (Å²) in [4.78, 5) is 11.9. The summed E-state index contributed by atoms with van der Waals surface area (Å²) >= 11 is 0. The maximum atomic E-state index is 11.9. The molecule has 1 aliphatic carbocycles. The maximum absolute atomic E-state index is 11.9. The second kappa shape index (κ2) is 2.60. The first-order valence-electron chi connectivity index (χ1n) is 5.18. The average Bonchev–Trinajstić information content (AvgIpc) is 2.82. The molecule has 0 aromatic rings. The molecule has 4 atom stereocenters. The predicted molar refractivity (Wildman–Crippen MR) is 49.6 cm³/mol. The van der Waals surface area contributed by atoms with E-state index in [1.165, 1.54) is 0 Å². The minimum atomic E-state index is 0.0729. The van der Waals surface area contributed by atoms with Gasteiger partial charge in [0.25, 0.3) is 0 Å². The van der Waals surface area contributed by atoms with Gasteiger partial charge < -0.3 is 9.47 Å². The first-order chi connectivity index (χ1) is 6.74. The molecule has 3 rings (SSSR count). The van der Waals surface area contributed by atoms with Gasteiger partial charge in [0.15, 0.2) is 5.78 Å². The highest BCUT2D eigenvalue weighted by Gasteiger charge is 2.58. The van der Waals surface area contributed by atoms with Crippen LogP contribution in [0.4, 0.5) is 0 Å². The molecular formula is C11H14O3. The molecule has 0 spiro atoms. The van der Waals surface area contributed by atoms with Gasteiger partial charge in [0.1, 0.15) is 5.76 Å². The van der Waals surface area contributed by atoms with E-state index in [0.717, 1.165) is 24.2 Å². The van der Waals surface area contributed by atoms with Crippen molar-refractivity contribution in [2.24, 2.45) is 11.8 Å². The van der Waals surface area contributed by atoms with Gasteiger partial charge >= 0.3 is 0 Å². The molecule has 2 saturated heterocycles. The second-order valence-corrected chi connectivity index (χ2v) is 4.40. The third-order valence-electron chi connectivity index (χ3n) is 3.84. The van der Waals surface area contributed by atoms with Crippen molar-refractivity contribution in [3.63, 3.8) is 0 Å². The van der Waals surface area contributed by atoms with Crippen LogP contribution in [0.15, 0.2) is 11.3 Å². The van der Waals surface area contributed by atoms with Crippen LogP contribution in [0.2, 0.25) is 0 Å². The van der Waals surface area contributed by atoms with Gasteiger partial charge in [0.2, 0.25) is 0 Å². The molecule has 0 N–H and O–H groups in total. The van der Waals surface area contributed by atoms with E-state index in [-0.39, 0.29) is 29.8 Å². The number of methoxy groups -OCH3 is 1. The number of ether oxygens (including phenoxy) is 2. The monoisotopic (exact) mass is 194 g/mol. The lowest BCUT2D eigenvalue weighted by Gasteiger charge is -2.21. The van der Waals surface area contributed by atoms with Crippen molar-refractivity contribution in [2.45, 2.75) is 32.0 Å². The van der Waals surface area contributed by atoms with E-state index in [4.69, 9.17) is 9.47 Å². The van der Waals surface area contributed by atoms with Crippen molar-refractivity contribution in [3.8, 4) is 0 Å². The fraction of sp³-hybridized carbons (Fsp3) is 0.727. The lowest BCUT2D eigenvalue weighted by Crippen LogP contribution is -2.29.